The molecule has 0 aliphatic rings. The molecule has 2 aromatic carbocycles. The van der Waals surface area contributed by atoms with Gasteiger partial charge in [-0.1, -0.05) is 23.7 Å². The van der Waals surface area contributed by atoms with Crippen LogP contribution in [0.5, 0.6) is 0 Å². The molecule has 0 bridgehead atoms. The molecule has 28 heavy (non-hydrogen) atoms. The van der Waals surface area contributed by atoms with E-state index in [1.807, 2.05) is 9.80 Å². The van der Waals surface area contributed by atoms with E-state index >= 15 is 0 Å². The molecule has 136 valence electrons. The first-order valence-electron chi connectivity index (χ1n) is 8.90. The highest BCUT2D eigenvalue weighted by molar-refractivity contribution is 6.10. The van der Waals surface area contributed by atoms with Crippen molar-refractivity contribution in [3.8, 4) is 49.4 Å². The molecule has 0 radical (unpaired) electrons. The van der Waals surface area contributed by atoms with Crippen LogP contribution in [-0.2, 0) is 7.05 Å². The third kappa shape index (κ3) is 3.35. The van der Waals surface area contributed by atoms with Crippen LogP contribution < -0.4 is 9.80 Å². The molecular formula is C25H21N3. The second kappa shape index (κ2) is 8.18. The van der Waals surface area contributed by atoms with E-state index in [0.29, 0.717) is 26.2 Å². The summed E-state index contributed by atoms with van der Waals surface area (Å²) in [6, 6.07) is 12.6. The highest BCUT2D eigenvalue weighted by Crippen LogP contribution is 2.33. The molecule has 0 atom stereocenters. The molecule has 0 aliphatic heterocycles. The number of aryl methyl sites for hydroxylation is 1. The van der Waals surface area contributed by atoms with Crippen molar-refractivity contribution in [2.75, 3.05) is 36.0 Å². The summed E-state index contributed by atoms with van der Waals surface area (Å²) in [7, 11) is 2.06. The van der Waals surface area contributed by atoms with E-state index in [2.05, 4.69) is 71.7 Å². The van der Waals surface area contributed by atoms with Gasteiger partial charge in [0.1, 0.15) is 0 Å². The van der Waals surface area contributed by atoms with Gasteiger partial charge in [0.15, 0.2) is 0 Å². The van der Waals surface area contributed by atoms with Crippen molar-refractivity contribution in [3.05, 3.63) is 36.4 Å². The van der Waals surface area contributed by atoms with Gasteiger partial charge < -0.3 is 14.4 Å². The number of aromatic nitrogens is 1. The minimum atomic E-state index is 0.462. The van der Waals surface area contributed by atoms with Crippen LogP contribution in [0.15, 0.2) is 36.4 Å². The molecule has 0 saturated heterocycles. The summed E-state index contributed by atoms with van der Waals surface area (Å²) >= 11 is 0. The van der Waals surface area contributed by atoms with E-state index in [1.54, 1.807) is 0 Å². The molecule has 0 N–H and O–H groups in total. The Morgan fingerprint density at radius 2 is 1.04 bits per heavy atom. The van der Waals surface area contributed by atoms with Crippen LogP contribution in [0.3, 0.4) is 0 Å². The lowest BCUT2D eigenvalue weighted by molar-refractivity contribution is 0.983. The van der Waals surface area contributed by atoms with Gasteiger partial charge in [0.25, 0.3) is 0 Å². The number of hydrogen-bond donors (Lipinski definition) is 0. The zero-order chi connectivity index (χ0) is 20.1. The number of terminal acetylenes is 4. The number of benzene rings is 2. The first kappa shape index (κ1) is 18.9. The zero-order valence-corrected chi connectivity index (χ0v) is 15.9. The van der Waals surface area contributed by atoms with Gasteiger partial charge in [0.2, 0.25) is 0 Å². The number of rotatable bonds is 6. The standard InChI is InChI=1S/C25H21N3/c1-6-14-27(15-7-2)20-10-12-24-22(18-20)23-19-21(11-13-25(23)26(24)5)28(16-8-3)17-9-4/h1-4,10-13,18-19H,14-17H2,5H3. The van der Waals surface area contributed by atoms with Crippen LogP contribution in [0.25, 0.3) is 21.8 Å². The molecule has 3 rings (SSSR count). The van der Waals surface area contributed by atoms with Crippen molar-refractivity contribution in [2.24, 2.45) is 7.05 Å². The zero-order valence-electron chi connectivity index (χ0n) is 15.9. The Labute approximate surface area is 166 Å². The Hall–Kier alpha value is -3.92. The Morgan fingerprint density at radius 3 is 1.36 bits per heavy atom. The molecule has 0 amide bonds. The van der Waals surface area contributed by atoms with E-state index in [9.17, 15) is 0 Å². The van der Waals surface area contributed by atoms with Gasteiger partial charge in [-0.25, -0.2) is 0 Å². The van der Waals surface area contributed by atoms with E-state index in [1.165, 1.54) is 0 Å². The number of fused-ring (bicyclic) bond motifs is 3. The third-order valence-electron chi connectivity index (χ3n) is 4.83. The van der Waals surface area contributed by atoms with Crippen molar-refractivity contribution in [1.82, 2.24) is 4.57 Å². The summed E-state index contributed by atoms with van der Waals surface area (Å²) < 4.78 is 2.18. The molecule has 1 heterocycles. The maximum Gasteiger partial charge on any atom is 0.0801 e. The first-order chi connectivity index (χ1) is 13.6. The van der Waals surface area contributed by atoms with Crippen molar-refractivity contribution >= 4 is 33.2 Å². The molecule has 0 saturated carbocycles. The molecule has 0 aliphatic carbocycles. The second-order valence-corrected chi connectivity index (χ2v) is 6.49. The Kier molecular flexibility index (Phi) is 5.51. The van der Waals surface area contributed by atoms with Crippen LogP contribution in [0.2, 0.25) is 0 Å². The summed E-state index contributed by atoms with van der Waals surface area (Å²) in [4.78, 5) is 4.01. The fourth-order valence-electron chi connectivity index (χ4n) is 3.51. The normalized spacial score (nSPS) is 10.0. The topological polar surface area (TPSA) is 11.4 Å². The second-order valence-electron chi connectivity index (χ2n) is 6.49. The molecule has 1 aromatic heterocycles. The number of hydrogen-bond acceptors (Lipinski definition) is 2. The molecule has 0 fully saturated rings. The first-order valence-corrected chi connectivity index (χ1v) is 8.90. The SMILES string of the molecule is C#CCN(CC#C)c1ccc2c(c1)c1cc(N(CC#C)CC#C)ccc1n2C. The van der Waals surface area contributed by atoms with Gasteiger partial charge in [-0.3, -0.25) is 0 Å². The predicted octanol–water partition coefficient (Wildman–Crippen LogP) is 3.48. The van der Waals surface area contributed by atoms with Gasteiger partial charge in [0.05, 0.1) is 26.2 Å². The van der Waals surface area contributed by atoms with Crippen molar-refractivity contribution in [1.29, 1.82) is 0 Å². The minimum absolute atomic E-state index is 0.462. The number of anilines is 2. The molecule has 3 heteroatoms. The Bertz CT molecular complexity index is 1060. The maximum atomic E-state index is 5.51. The average molecular weight is 363 g/mol. The quantitative estimate of drug-likeness (QED) is 0.621. The van der Waals surface area contributed by atoms with Gasteiger partial charge in [-0.05, 0) is 36.4 Å². The highest BCUT2D eigenvalue weighted by atomic mass is 15.1. The minimum Gasteiger partial charge on any atom is -0.349 e. The van der Waals surface area contributed by atoms with Crippen LogP contribution in [0.4, 0.5) is 11.4 Å². The maximum absolute atomic E-state index is 5.51. The lowest BCUT2D eigenvalue weighted by atomic mass is 10.1. The monoisotopic (exact) mass is 363 g/mol. The Morgan fingerprint density at radius 1 is 0.679 bits per heavy atom. The third-order valence-corrected chi connectivity index (χ3v) is 4.83. The van der Waals surface area contributed by atoms with Crippen LogP contribution in [0, 0.1) is 49.4 Å². The molecule has 0 spiro atoms. The predicted molar refractivity (Wildman–Crippen MR) is 120 cm³/mol. The lowest BCUT2D eigenvalue weighted by Crippen LogP contribution is -2.23. The van der Waals surface area contributed by atoms with Gasteiger partial charge in [-0.15, -0.1) is 25.7 Å². The van der Waals surface area contributed by atoms with Crippen molar-refractivity contribution < 1.29 is 0 Å². The van der Waals surface area contributed by atoms with Crippen LogP contribution in [-0.4, -0.2) is 30.7 Å². The summed E-state index contributed by atoms with van der Waals surface area (Å²) in [6.45, 7) is 1.85. The smallest absolute Gasteiger partial charge is 0.0801 e. The molecule has 0 unspecified atom stereocenters. The van der Waals surface area contributed by atoms with Gasteiger partial charge >= 0.3 is 0 Å². The summed E-state index contributed by atoms with van der Waals surface area (Å²) in [5.74, 6) is 10.7. The summed E-state index contributed by atoms with van der Waals surface area (Å²) in [5.41, 5.74) is 4.28. The van der Waals surface area contributed by atoms with E-state index in [0.717, 1.165) is 33.2 Å². The van der Waals surface area contributed by atoms with Crippen molar-refractivity contribution in [2.45, 2.75) is 0 Å². The molecular weight excluding hydrogens is 342 g/mol. The summed E-state index contributed by atoms with van der Waals surface area (Å²) in [6.07, 6.45) is 22.0. The van der Waals surface area contributed by atoms with E-state index in [4.69, 9.17) is 25.7 Å². The average Bonchev–Trinajstić information content (AvgIpc) is 2.99. The van der Waals surface area contributed by atoms with Crippen LogP contribution >= 0.6 is 0 Å². The fourth-order valence-corrected chi connectivity index (χ4v) is 3.51. The molecule has 3 aromatic rings. The fraction of sp³-hybridized carbons (Fsp3) is 0.200. The van der Waals surface area contributed by atoms with E-state index < -0.39 is 0 Å². The van der Waals surface area contributed by atoms with Gasteiger partial charge in [-0.2, -0.15) is 0 Å². The lowest BCUT2D eigenvalue weighted by Gasteiger charge is -2.20. The van der Waals surface area contributed by atoms with E-state index in [-0.39, 0.29) is 0 Å². The molecule has 3 nitrogen and oxygen atoms in total. The largest absolute Gasteiger partial charge is 0.349 e. The van der Waals surface area contributed by atoms with Gasteiger partial charge in [0, 0.05) is 40.2 Å². The Balaban J connectivity index is 2.19. The van der Waals surface area contributed by atoms with Crippen LogP contribution in [0.1, 0.15) is 0 Å². The summed E-state index contributed by atoms with van der Waals surface area (Å²) in [5, 5.41) is 2.27. The number of nitrogens with zero attached hydrogens (tertiary/aromatic N) is 3. The van der Waals surface area contributed by atoms with Crippen molar-refractivity contribution in [3.63, 3.8) is 0 Å². The highest BCUT2D eigenvalue weighted by Gasteiger charge is 2.13.